The van der Waals surface area contributed by atoms with E-state index in [0.717, 1.165) is 17.1 Å². The third-order valence-electron chi connectivity index (χ3n) is 5.52. The summed E-state index contributed by atoms with van der Waals surface area (Å²) in [6.45, 7) is 5.51. The Bertz CT molecular complexity index is 923. The van der Waals surface area contributed by atoms with Crippen molar-refractivity contribution in [1.82, 2.24) is 0 Å². The zero-order chi connectivity index (χ0) is 19.6. The number of para-hydroxylation sites is 1. The van der Waals surface area contributed by atoms with Crippen molar-refractivity contribution >= 4 is 11.6 Å². The van der Waals surface area contributed by atoms with E-state index in [2.05, 4.69) is 44.2 Å². The molecule has 28 heavy (non-hydrogen) atoms. The molecule has 3 atom stereocenters. The van der Waals surface area contributed by atoms with Crippen LogP contribution in [0.1, 0.15) is 29.5 Å². The standard InChI is InChI=1S/C25H25ClO2/c1-18-11-13-20(14-12-18)23-24(26)25(23,2)17-27-16-19-7-6-10-22(15-19)28-21-8-4-3-5-9-21/h3-15,23-24H,16-17H2,1-2H3/t23-,24+,25+/m1/s1. The van der Waals surface area contributed by atoms with Crippen LogP contribution >= 0.6 is 11.6 Å². The van der Waals surface area contributed by atoms with Gasteiger partial charge in [0.05, 0.1) is 13.2 Å². The predicted molar refractivity (Wildman–Crippen MR) is 114 cm³/mol. The van der Waals surface area contributed by atoms with Crippen LogP contribution in [0.25, 0.3) is 0 Å². The molecule has 3 heteroatoms. The predicted octanol–water partition coefficient (Wildman–Crippen LogP) is 6.72. The van der Waals surface area contributed by atoms with Gasteiger partial charge in [-0.1, -0.05) is 67.1 Å². The number of rotatable bonds is 7. The van der Waals surface area contributed by atoms with Crippen molar-refractivity contribution < 1.29 is 9.47 Å². The topological polar surface area (TPSA) is 18.5 Å². The average Bonchev–Trinajstić information content (AvgIpc) is 3.24. The molecule has 3 aromatic rings. The molecule has 1 aliphatic rings. The van der Waals surface area contributed by atoms with Gasteiger partial charge >= 0.3 is 0 Å². The molecule has 3 aromatic carbocycles. The first-order valence-corrected chi connectivity index (χ1v) is 10.1. The van der Waals surface area contributed by atoms with Crippen LogP contribution in [0.4, 0.5) is 0 Å². The molecule has 4 rings (SSSR count). The lowest BCUT2D eigenvalue weighted by Crippen LogP contribution is -2.10. The molecule has 0 amide bonds. The summed E-state index contributed by atoms with van der Waals surface area (Å²) in [6.07, 6.45) is 0. The van der Waals surface area contributed by atoms with Crippen LogP contribution in [0.2, 0.25) is 0 Å². The second-order valence-corrected chi connectivity index (χ2v) is 8.32. The van der Waals surface area contributed by atoms with E-state index >= 15 is 0 Å². The van der Waals surface area contributed by atoms with Gasteiger partial charge in [-0.15, -0.1) is 11.6 Å². The Hall–Kier alpha value is -2.29. The van der Waals surface area contributed by atoms with Gasteiger partial charge in [0.2, 0.25) is 0 Å². The van der Waals surface area contributed by atoms with Gasteiger partial charge in [0, 0.05) is 16.7 Å². The molecule has 0 bridgehead atoms. The maximum Gasteiger partial charge on any atom is 0.127 e. The van der Waals surface area contributed by atoms with Gasteiger partial charge in [-0.05, 0) is 42.3 Å². The third kappa shape index (κ3) is 4.09. The molecule has 1 fully saturated rings. The lowest BCUT2D eigenvalue weighted by Gasteiger charge is -2.13. The quantitative estimate of drug-likeness (QED) is 0.416. The molecule has 0 radical (unpaired) electrons. The zero-order valence-electron chi connectivity index (χ0n) is 16.3. The number of benzene rings is 3. The van der Waals surface area contributed by atoms with Gasteiger partial charge in [0.15, 0.2) is 0 Å². The Kier molecular flexibility index (Phi) is 5.43. The van der Waals surface area contributed by atoms with E-state index in [-0.39, 0.29) is 10.8 Å². The molecular weight excluding hydrogens is 368 g/mol. The van der Waals surface area contributed by atoms with E-state index in [0.29, 0.717) is 19.1 Å². The molecule has 1 saturated carbocycles. The van der Waals surface area contributed by atoms with Crippen LogP contribution in [0.5, 0.6) is 11.5 Å². The average molecular weight is 393 g/mol. The van der Waals surface area contributed by atoms with Crippen LogP contribution in [0.15, 0.2) is 78.9 Å². The molecule has 144 valence electrons. The maximum absolute atomic E-state index is 6.63. The molecule has 2 nitrogen and oxygen atoms in total. The fourth-order valence-electron chi connectivity index (χ4n) is 3.71. The highest BCUT2D eigenvalue weighted by atomic mass is 35.5. The second-order valence-electron chi connectivity index (χ2n) is 7.85. The first kappa shape index (κ1) is 19.0. The van der Waals surface area contributed by atoms with Crippen molar-refractivity contribution in [3.05, 3.63) is 95.6 Å². The molecule has 0 aliphatic heterocycles. The largest absolute Gasteiger partial charge is 0.457 e. The summed E-state index contributed by atoms with van der Waals surface area (Å²) in [6, 6.07) is 26.5. The minimum atomic E-state index is -0.0189. The minimum Gasteiger partial charge on any atom is -0.457 e. The molecule has 0 saturated heterocycles. The third-order valence-corrected chi connectivity index (χ3v) is 6.27. The van der Waals surface area contributed by atoms with Crippen molar-refractivity contribution in [2.24, 2.45) is 5.41 Å². The number of ether oxygens (including phenoxy) is 2. The van der Waals surface area contributed by atoms with Crippen molar-refractivity contribution in [3.8, 4) is 11.5 Å². The maximum atomic E-state index is 6.63. The van der Waals surface area contributed by atoms with E-state index in [1.165, 1.54) is 11.1 Å². The van der Waals surface area contributed by atoms with E-state index in [1.54, 1.807) is 0 Å². The summed E-state index contributed by atoms with van der Waals surface area (Å²) in [4.78, 5) is 0. The zero-order valence-corrected chi connectivity index (χ0v) is 17.0. The molecule has 1 aliphatic carbocycles. The Morgan fingerprint density at radius 3 is 2.36 bits per heavy atom. The van der Waals surface area contributed by atoms with Crippen LogP contribution in [-0.2, 0) is 11.3 Å². The first-order chi connectivity index (χ1) is 13.6. The normalized spacial score (nSPS) is 23.4. The molecule has 0 unspecified atom stereocenters. The fourth-order valence-corrected chi connectivity index (χ4v) is 4.27. The van der Waals surface area contributed by atoms with Crippen LogP contribution in [-0.4, -0.2) is 12.0 Å². The van der Waals surface area contributed by atoms with Crippen molar-refractivity contribution in [1.29, 1.82) is 0 Å². The lowest BCUT2D eigenvalue weighted by atomic mass is 10.0. The highest BCUT2D eigenvalue weighted by Crippen LogP contribution is 2.62. The SMILES string of the molecule is Cc1ccc([C@@H]2[C@H](Cl)[C@@]2(C)COCc2cccc(Oc3ccccc3)c2)cc1. The van der Waals surface area contributed by atoms with Crippen LogP contribution in [0, 0.1) is 12.3 Å². The monoisotopic (exact) mass is 392 g/mol. The molecule has 0 aromatic heterocycles. The number of hydrogen-bond donors (Lipinski definition) is 0. The van der Waals surface area contributed by atoms with Gasteiger partial charge in [0.25, 0.3) is 0 Å². The van der Waals surface area contributed by atoms with Crippen molar-refractivity contribution in [3.63, 3.8) is 0 Å². The van der Waals surface area contributed by atoms with Crippen LogP contribution in [0.3, 0.4) is 0 Å². The number of aryl methyl sites for hydroxylation is 1. The summed E-state index contributed by atoms with van der Waals surface area (Å²) < 4.78 is 12.0. The smallest absolute Gasteiger partial charge is 0.127 e. The highest BCUT2D eigenvalue weighted by molar-refractivity contribution is 6.24. The summed E-state index contributed by atoms with van der Waals surface area (Å²) >= 11 is 6.63. The molecule has 0 spiro atoms. The Morgan fingerprint density at radius 1 is 0.893 bits per heavy atom. The summed E-state index contributed by atoms with van der Waals surface area (Å²) in [5.41, 5.74) is 3.64. The van der Waals surface area contributed by atoms with Crippen LogP contribution < -0.4 is 4.74 Å². The summed E-state index contributed by atoms with van der Waals surface area (Å²) in [5.74, 6) is 2.00. The van der Waals surface area contributed by atoms with E-state index < -0.39 is 0 Å². The number of halogens is 1. The molecule has 0 heterocycles. The minimum absolute atomic E-state index is 0.0189. The van der Waals surface area contributed by atoms with Crippen molar-refractivity contribution in [2.45, 2.75) is 31.7 Å². The van der Waals surface area contributed by atoms with Gasteiger partial charge in [-0.3, -0.25) is 0 Å². The Balaban J connectivity index is 1.34. The number of hydrogen-bond acceptors (Lipinski definition) is 2. The van der Waals surface area contributed by atoms with Gasteiger partial charge in [-0.25, -0.2) is 0 Å². The Morgan fingerprint density at radius 2 is 1.61 bits per heavy atom. The first-order valence-electron chi connectivity index (χ1n) is 9.66. The summed E-state index contributed by atoms with van der Waals surface area (Å²) in [7, 11) is 0. The molecule has 0 N–H and O–H groups in total. The highest BCUT2D eigenvalue weighted by Gasteiger charge is 2.61. The number of alkyl halides is 1. The van der Waals surface area contributed by atoms with Gasteiger partial charge in [-0.2, -0.15) is 0 Å². The second kappa shape index (κ2) is 7.98. The molecular formula is C25H25ClO2. The van der Waals surface area contributed by atoms with E-state index in [9.17, 15) is 0 Å². The van der Waals surface area contributed by atoms with E-state index in [1.807, 2.05) is 48.5 Å². The van der Waals surface area contributed by atoms with E-state index in [4.69, 9.17) is 21.1 Å². The van der Waals surface area contributed by atoms with Gasteiger partial charge < -0.3 is 9.47 Å². The fraction of sp³-hybridized carbons (Fsp3) is 0.280. The van der Waals surface area contributed by atoms with Gasteiger partial charge in [0.1, 0.15) is 11.5 Å². The van der Waals surface area contributed by atoms with Crippen molar-refractivity contribution in [2.75, 3.05) is 6.61 Å². The summed E-state index contributed by atoms with van der Waals surface area (Å²) in [5, 5.41) is 0.114. The Labute approximate surface area is 172 Å². The lowest BCUT2D eigenvalue weighted by molar-refractivity contribution is 0.0823.